The van der Waals surface area contributed by atoms with E-state index in [4.69, 9.17) is 15.2 Å². The van der Waals surface area contributed by atoms with E-state index in [1.165, 1.54) is 12.4 Å². The SMILES string of the molecule is COCCCOC(=O)c1nccnc1N. The molecule has 1 rings (SSSR count). The van der Waals surface area contributed by atoms with Crippen molar-refractivity contribution >= 4 is 11.8 Å². The molecule has 2 N–H and O–H groups in total. The van der Waals surface area contributed by atoms with Crippen LogP contribution >= 0.6 is 0 Å². The largest absolute Gasteiger partial charge is 0.461 e. The first-order chi connectivity index (χ1) is 7.25. The Balaban J connectivity index is 2.44. The van der Waals surface area contributed by atoms with Gasteiger partial charge < -0.3 is 15.2 Å². The zero-order valence-corrected chi connectivity index (χ0v) is 8.47. The average Bonchev–Trinajstić information content (AvgIpc) is 2.25. The van der Waals surface area contributed by atoms with E-state index in [-0.39, 0.29) is 18.1 Å². The highest BCUT2D eigenvalue weighted by atomic mass is 16.5. The van der Waals surface area contributed by atoms with Gasteiger partial charge in [0.1, 0.15) is 0 Å². The third-order valence-electron chi connectivity index (χ3n) is 1.65. The van der Waals surface area contributed by atoms with Crippen LogP contribution in [-0.2, 0) is 9.47 Å². The number of hydrogen-bond acceptors (Lipinski definition) is 6. The van der Waals surface area contributed by atoms with Crippen LogP contribution in [0, 0.1) is 0 Å². The molecule has 1 heterocycles. The number of ether oxygens (including phenoxy) is 2. The number of rotatable bonds is 5. The lowest BCUT2D eigenvalue weighted by Gasteiger charge is -2.04. The molecule has 0 bridgehead atoms. The molecule has 0 aliphatic carbocycles. The highest BCUT2D eigenvalue weighted by Crippen LogP contribution is 2.04. The van der Waals surface area contributed by atoms with E-state index < -0.39 is 5.97 Å². The molecule has 0 saturated carbocycles. The van der Waals surface area contributed by atoms with Crippen LogP contribution in [0.25, 0.3) is 0 Å². The van der Waals surface area contributed by atoms with E-state index in [2.05, 4.69) is 9.97 Å². The fraction of sp³-hybridized carbons (Fsp3) is 0.444. The highest BCUT2D eigenvalue weighted by molar-refractivity contribution is 5.91. The van der Waals surface area contributed by atoms with Gasteiger partial charge in [0.25, 0.3) is 0 Å². The molecule has 1 aromatic rings. The number of esters is 1. The van der Waals surface area contributed by atoms with Crippen molar-refractivity contribution in [2.24, 2.45) is 0 Å². The van der Waals surface area contributed by atoms with Gasteiger partial charge in [0, 0.05) is 32.5 Å². The van der Waals surface area contributed by atoms with Crippen molar-refractivity contribution in [1.82, 2.24) is 9.97 Å². The van der Waals surface area contributed by atoms with Gasteiger partial charge in [0.05, 0.1) is 6.61 Å². The predicted molar refractivity (Wildman–Crippen MR) is 53.2 cm³/mol. The molecule has 0 fully saturated rings. The Morgan fingerprint density at radius 2 is 2.13 bits per heavy atom. The highest BCUT2D eigenvalue weighted by Gasteiger charge is 2.12. The van der Waals surface area contributed by atoms with E-state index in [1.807, 2.05) is 0 Å². The zero-order valence-electron chi connectivity index (χ0n) is 8.47. The fourth-order valence-electron chi connectivity index (χ4n) is 0.943. The number of nitrogen functional groups attached to an aromatic ring is 1. The van der Waals surface area contributed by atoms with Crippen LogP contribution < -0.4 is 5.73 Å². The molecule has 0 amide bonds. The van der Waals surface area contributed by atoms with Gasteiger partial charge in [-0.1, -0.05) is 0 Å². The summed E-state index contributed by atoms with van der Waals surface area (Å²) >= 11 is 0. The second-order valence-electron chi connectivity index (χ2n) is 2.77. The van der Waals surface area contributed by atoms with Gasteiger partial charge >= 0.3 is 5.97 Å². The summed E-state index contributed by atoms with van der Waals surface area (Å²) < 4.78 is 9.72. The number of anilines is 1. The van der Waals surface area contributed by atoms with Gasteiger partial charge in [-0.05, 0) is 0 Å². The van der Waals surface area contributed by atoms with Crippen LogP contribution in [0.5, 0.6) is 0 Å². The molecule has 0 aliphatic rings. The first-order valence-corrected chi connectivity index (χ1v) is 4.48. The summed E-state index contributed by atoms with van der Waals surface area (Å²) in [6.45, 7) is 0.825. The Kier molecular flexibility index (Phi) is 4.49. The van der Waals surface area contributed by atoms with Gasteiger partial charge in [-0.25, -0.2) is 14.8 Å². The Labute approximate surface area is 87.4 Å². The lowest BCUT2D eigenvalue weighted by atomic mass is 10.4. The maximum atomic E-state index is 11.4. The second-order valence-corrected chi connectivity index (χ2v) is 2.77. The Hall–Kier alpha value is -1.69. The summed E-state index contributed by atoms with van der Waals surface area (Å²) in [5, 5.41) is 0. The quantitative estimate of drug-likeness (QED) is 0.555. The number of nitrogens with zero attached hydrogens (tertiary/aromatic N) is 2. The minimum atomic E-state index is -0.559. The van der Waals surface area contributed by atoms with E-state index in [0.29, 0.717) is 13.0 Å². The van der Waals surface area contributed by atoms with Crippen LogP contribution in [0.15, 0.2) is 12.4 Å². The molecule has 15 heavy (non-hydrogen) atoms. The molecule has 1 aromatic heterocycles. The third-order valence-corrected chi connectivity index (χ3v) is 1.65. The lowest BCUT2D eigenvalue weighted by Crippen LogP contribution is -2.12. The van der Waals surface area contributed by atoms with Crippen molar-refractivity contribution in [3.63, 3.8) is 0 Å². The third kappa shape index (κ3) is 3.51. The van der Waals surface area contributed by atoms with Gasteiger partial charge in [-0.2, -0.15) is 0 Å². The molecule has 0 aliphatic heterocycles. The number of aromatic nitrogens is 2. The molecule has 0 aromatic carbocycles. The summed E-state index contributed by atoms with van der Waals surface area (Å²) in [6, 6.07) is 0. The molecule has 0 spiro atoms. The molecule has 6 nitrogen and oxygen atoms in total. The Morgan fingerprint density at radius 3 is 2.80 bits per heavy atom. The minimum Gasteiger partial charge on any atom is -0.461 e. The number of nitrogens with two attached hydrogens (primary N) is 1. The molecule has 0 atom stereocenters. The lowest BCUT2D eigenvalue weighted by molar-refractivity contribution is 0.0462. The van der Waals surface area contributed by atoms with Gasteiger partial charge in [-0.3, -0.25) is 0 Å². The van der Waals surface area contributed by atoms with E-state index in [9.17, 15) is 4.79 Å². The van der Waals surface area contributed by atoms with Gasteiger partial charge in [0.15, 0.2) is 11.5 Å². The predicted octanol–water partition coefficient (Wildman–Crippen LogP) is 0.252. The molecule has 0 unspecified atom stereocenters. The van der Waals surface area contributed by atoms with E-state index >= 15 is 0 Å². The topological polar surface area (TPSA) is 87.3 Å². The maximum Gasteiger partial charge on any atom is 0.360 e. The van der Waals surface area contributed by atoms with E-state index in [1.54, 1.807) is 7.11 Å². The molecule has 0 radical (unpaired) electrons. The van der Waals surface area contributed by atoms with Crippen LogP contribution in [0.4, 0.5) is 5.82 Å². The number of carbonyl (C=O) groups is 1. The van der Waals surface area contributed by atoms with Crippen molar-refractivity contribution in [1.29, 1.82) is 0 Å². The molecule has 82 valence electrons. The van der Waals surface area contributed by atoms with Crippen molar-refractivity contribution < 1.29 is 14.3 Å². The summed E-state index contributed by atoms with van der Waals surface area (Å²) in [7, 11) is 1.59. The minimum absolute atomic E-state index is 0.0508. The average molecular weight is 211 g/mol. The van der Waals surface area contributed by atoms with Crippen molar-refractivity contribution in [3.8, 4) is 0 Å². The summed E-state index contributed by atoms with van der Waals surface area (Å²) in [4.78, 5) is 18.9. The normalized spacial score (nSPS) is 9.93. The first-order valence-electron chi connectivity index (χ1n) is 4.48. The summed E-state index contributed by atoms with van der Waals surface area (Å²) in [5.74, 6) is -0.481. The number of hydrogen-bond donors (Lipinski definition) is 1. The van der Waals surface area contributed by atoms with Crippen molar-refractivity contribution in [3.05, 3.63) is 18.1 Å². The fourth-order valence-corrected chi connectivity index (χ4v) is 0.943. The molecule has 0 saturated heterocycles. The first kappa shape index (κ1) is 11.4. The van der Waals surface area contributed by atoms with E-state index in [0.717, 1.165) is 0 Å². The number of methoxy groups -OCH3 is 1. The summed E-state index contributed by atoms with van der Waals surface area (Å²) in [5.41, 5.74) is 5.50. The maximum absolute atomic E-state index is 11.4. The Morgan fingerprint density at radius 1 is 1.40 bits per heavy atom. The molecule has 6 heteroatoms. The summed E-state index contributed by atoms with van der Waals surface area (Å²) in [6.07, 6.45) is 3.45. The van der Waals surface area contributed by atoms with Crippen LogP contribution in [0.3, 0.4) is 0 Å². The van der Waals surface area contributed by atoms with Crippen LogP contribution in [-0.4, -0.2) is 36.3 Å². The number of carbonyl (C=O) groups excluding carboxylic acids is 1. The van der Waals surface area contributed by atoms with Crippen molar-refractivity contribution in [2.45, 2.75) is 6.42 Å². The van der Waals surface area contributed by atoms with Gasteiger partial charge in [0.2, 0.25) is 0 Å². The van der Waals surface area contributed by atoms with Crippen LogP contribution in [0.1, 0.15) is 16.9 Å². The van der Waals surface area contributed by atoms with Crippen molar-refractivity contribution in [2.75, 3.05) is 26.1 Å². The van der Waals surface area contributed by atoms with Crippen LogP contribution in [0.2, 0.25) is 0 Å². The molecular formula is C9H13N3O3. The molecular weight excluding hydrogens is 198 g/mol. The smallest absolute Gasteiger partial charge is 0.360 e. The Bertz CT molecular complexity index is 330. The second kappa shape index (κ2) is 5.92. The standard InChI is InChI=1S/C9H13N3O3/c1-14-5-2-6-15-9(13)7-8(10)12-4-3-11-7/h3-4H,2,5-6H2,1H3,(H2,10,12). The monoisotopic (exact) mass is 211 g/mol. The zero-order chi connectivity index (χ0) is 11.1. The van der Waals surface area contributed by atoms with Gasteiger partial charge in [-0.15, -0.1) is 0 Å².